The van der Waals surface area contributed by atoms with E-state index >= 15 is 0 Å². The van der Waals surface area contributed by atoms with Crippen LogP contribution in [0.25, 0.3) is 0 Å². The Kier molecular flexibility index (Phi) is 4.99. The molecule has 0 radical (unpaired) electrons. The minimum atomic E-state index is -0.847. The number of hydrogen-bond acceptors (Lipinski definition) is 5. The van der Waals surface area contributed by atoms with Crippen molar-refractivity contribution < 1.29 is 14.3 Å². The van der Waals surface area contributed by atoms with Crippen molar-refractivity contribution in [1.82, 2.24) is 15.1 Å². The van der Waals surface area contributed by atoms with Gasteiger partial charge in [-0.1, -0.05) is 12.1 Å². The average Bonchev–Trinajstić information content (AvgIpc) is 3.11. The Morgan fingerprint density at radius 3 is 2.92 bits per heavy atom. The molecule has 2 amide bonds. The SMILES string of the molecule is C[C@H](Cn1cccn1)NCC(=O)N1C[C@@H](C(N)=O)Oc2ccccc21. The summed E-state index contributed by atoms with van der Waals surface area (Å²) in [6, 6.07) is 9.03. The topological polar surface area (TPSA) is 102 Å². The van der Waals surface area contributed by atoms with Gasteiger partial charge in [-0.25, -0.2) is 0 Å². The van der Waals surface area contributed by atoms with Crippen LogP contribution in [-0.2, 0) is 16.1 Å². The maximum atomic E-state index is 12.7. The number of nitrogens with one attached hydrogen (secondary N) is 1. The van der Waals surface area contributed by atoms with Crippen molar-refractivity contribution in [2.45, 2.75) is 25.6 Å². The second-order valence-corrected chi connectivity index (χ2v) is 5.99. The van der Waals surface area contributed by atoms with Gasteiger partial charge in [-0.15, -0.1) is 0 Å². The van der Waals surface area contributed by atoms with E-state index in [2.05, 4.69) is 10.4 Å². The van der Waals surface area contributed by atoms with Crippen LogP contribution in [0.15, 0.2) is 42.7 Å². The molecule has 0 fully saturated rings. The molecule has 2 aromatic rings. The maximum Gasteiger partial charge on any atom is 0.260 e. The van der Waals surface area contributed by atoms with E-state index in [0.29, 0.717) is 18.0 Å². The van der Waals surface area contributed by atoms with Crippen LogP contribution in [0.4, 0.5) is 5.69 Å². The van der Waals surface area contributed by atoms with Crippen LogP contribution in [0.2, 0.25) is 0 Å². The van der Waals surface area contributed by atoms with Gasteiger partial charge in [0.15, 0.2) is 6.10 Å². The van der Waals surface area contributed by atoms with E-state index in [9.17, 15) is 9.59 Å². The van der Waals surface area contributed by atoms with Crippen LogP contribution in [0, 0.1) is 0 Å². The van der Waals surface area contributed by atoms with Crippen LogP contribution in [0.3, 0.4) is 0 Å². The van der Waals surface area contributed by atoms with Gasteiger partial charge >= 0.3 is 0 Å². The molecule has 2 atom stereocenters. The number of carbonyl (C=O) groups excluding carboxylic acids is 2. The number of amides is 2. The lowest BCUT2D eigenvalue weighted by atomic mass is 10.1. The number of nitrogens with zero attached hydrogens (tertiary/aromatic N) is 3. The normalized spacial score (nSPS) is 17.5. The third kappa shape index (κ3) is 3.97. The number of anilines is 1. The maximum absolute atomic E-state index is 12.7. The number of para-hydroxylation sites is 2. The van der Waals surface area contributed by atoms with E-state index in [0.717, 1.165) is 0 Å². The summed E-state index contributed by atoms with van der Waals surface area (Å²) in [6.07, 6.45) is 2.74. The van der Waals surface area contributed by atoms with Gasteiger partial charge in [0.05, 0.1) is 25.3 Å². The molecular weight excluding hydrogens is 322 g/mol. The summed E-state index contributed by atoms with van der Waals surface area (Å²) in [5.74, 6) is -0.253. The smallest absolute Gasteiger partial charge is 0.260 e. The Hall–Kier alpha value is -2.87. The number of fused-ring (bicyclic) bond motifs is 1. The summed E-state index contributed by atoms with van der Waals surface area (Å²) in [5.41, 5.74) is 6.00. The van der Waals surface area contributed by atoms with Crippen molar-refractivity contribution in [2.75, 3.05) is 18.0 Å². The van der Waals surface area contributed by atoms with Crippen LogP contribution >= 0.6 is 0 Å². The van der Waals surface area contributed by atoms with Crippen molar-refractivity contribution in [1.29, 1.82) is 0 Å². The number of benzene rings is 1. The first-order valence-electron chi connectivity index (χ1n) is 8.11. The Labute approximate surface area is 145 Å². The van der Waals surface area contributed by atoms with E-state index < -0.39 is 12.0 Å². The highest BCUT2D eigenvalue weighted by molar-refractivity contribution is 5.98. The van der Waals surface area contributed by atoms with Crippen molar-refractivity contribution in [3.05, 3.63) is 42.7 Å². The minimum Gasteiger partial charge on any atom is -0.477 e. The highest BCUT2D eigenvalue weighted by Gasteiger charge is 2.32. The standard InChI is InChI=1S/C17H21N5O3/c1-12(10-21-8-4-7-20-21)19-9-16(23)22-11-15(17(18)24)25-14-6-3-2-5-13(14)22/h2-8,12,15,19H,9-11H2,1H3,(H2,18,24)/t12-,15+/m1/s1. The van der Waals surface area contributed by atoms with Crippen LogP contribution < -0.4 is 20.7 Å². The number of rotatable bonds is 6. The first-order chi connectivity index (χ1) is 12.0. The fraction of sp³-hybridized carbons (Fsp3) is 0.353. The molecule has 0 spiro atoms. The first kappa shape index (κ1) is 17.0. The Bertz CT molecular complexity index is 747. The first-order valence-corrected chi connectivity index (χ1v) is 8.11. The molecule has 1 aromatic heterocycles. The summed E-state index contributed by atoms with van der Waals surface area (Å²) in [7, 11) is 0. The zero-order chi connectivity index (χ0) is 17.8. The molecule has 3 N–H and O–H groups in total. The number of carbonyl (C=O) groups is 2. The summed E-state index contributed by atoms with van der Waals surface area (Å²) in [6.45, 7) is 2.89. The lowest BCUT2D eigenvalue weighted by molar-refractivity contribution is -0.125. The van der Waals surface area contributed by atoms with Crippen LogP contribution in [-0.4, -0.2) is 46.8 Å². The number of ether oxygens (including phenoxy) is 1. The van der Waals surface area contributed by atoms with Gasteiger partial charge in [0.25, 0.3) is 5.91 Å². The molecule has 0 saturated carbocycles. The van der Waals surface area contributed by atoms with Gasteiger partial charge in [-0.05, 0) is 25.1 Å². The highest BCUT2D eigenvalue weighted by atomic mass is 16.5. The predicted molar refractivity (Wildman–Crippen MR) is 92.1 cm³/mol. The van der Waals surface area contributed by atoms with Gasteiger partial charge in [0, 0.05) is 18.4 Å². The van der Waals surface area contributed by atoms with E-state index in [1.54, 1.807) is 34.0 Å². The van der Waals surface area contributed by atoms with Gasteiger partial charge in [-0.2, -0.15) is 5.10 Å². The molecule has 8 nitrogen and oxygen atoms in total. The Morgan fingerprint density at radius 1 is 1.40 bits per heavy atom. The largest absolute Gasteiger partial charge is 0.477 e. The lowest BCUT2D eigenvalue weighted by Gasteiger charge is -2.33. The monoisotopic (exact) mass is 343 g/mol. The fourth-order valence-electron chi connectivity index (χ4n) is 2.73. The van der Waals surface area contributed by atoms with Crippen LogP contribution in [0.5, 0.6) is 5.75 Å². The summed E-state index contributed by atoms with van der Waals surface area (Å²) >= 11 is 0. The molecular formula is C17H21N5O3. The summed E-state index contributed by atoms with van der Waals surface area (Å²) in [5, 5.41) is 7.33. The molecule has 0 saturated heterocycles. The number of nitrogens with two attached hydrogens (primary N) is 1. The number of primary amides is 1. The zero-order valence-electron chi connectivity index (χ0n) is 14.0. The molecule has 3 rings (SSSR count). The molecule has 132 valence electrons. The quantitative estimate of drug-likeness (QED) is 0.777. The van der Waals surface area contributed by atoms with Crippen molar-refractivity contribution in [3.8, 4) is 5.75 Å². The molecule has 0 aliphatic carbocycles. The van der Waals surface area contributed by atoms with E-state index in [-0.39, 0.29) is 25.0 Å². The van der Waals surface area contributed by atoms with E-state index in [1.165, 1.54) is 0 Å². The van der Waals surface area contributed by atoms with Gasteiger partial charge < -0.3 is 20.7 Å². The third-order valence-corrected chi connectivity index (χ3v) is 4.01. The molecule has 0 unspecified atom stereocenters. The van der Waals surface area contributed by atoms with Gasteiger partial charge in [0.1, 0.15) is 5.75 Å². The molecule has 2 heterocycles. The van der Waals surface area contributed by atoms with Gasteiger partial charge in [-0.3, -0.25) is 14.3 Å². The number of aromatic nitrogens is 2. The summed E-state index contributed by atoms with van der Waals surface area (Å²) < 4.78 is 7.37. The minimum absolute atomic E-state index is 0.0621. The third-order valence-electron chi connectivity index (χ3n) is 4.01. The zero-order valence-corrected chi connectivity index (χ0v) is 14.0. The average molecular weight is 343 g/mol. The Balaban J connectivity index is 1.65. The summed E-state index contributed by atoms with van der Waals surface area (Å²) in [4.78, 5) is 25.7. The van der Waals surface area contributed by atoms with Crippen molar-refractivity contribution >= 4 is 17.5 Å². The van der Waals surface area contributed by atoms with Crippen LogP contribution in [0.1, 0.15) is 6.92 Å². The van der Waals surface area contributed by atoms with Crippen molar-refractivity contribution in [3.63, 3.8) is 0 Å². The molecule has 1 aromatic carbocycles. The van der Waals surface area contributed by atoms with E-state index in [4.69, 9.17) is 10.5 Å². The Morgan fingerprint density at radius 2 is 2.20 bits per heavy atom. The second kappa shape index (κ2) is 7.35. The van der Waals surface area contributed by atoms with Gasteiger partial charge in [0.2, 0.25) is 5.91 Å². The lowest BCUT2D eigenvalue weighted by Crippen LogP contribution is -2.51. The second-order valence-electron chi connectivity index (χ2n) is 5.99. The molecule has 1 aliphatic heterocycles. The highest BCUT2D eigenvalue weighted by Crippen LogP contribution is 2.32. The number of hydrogen-bond donors (Lipinski definition) is 2. The molecule has 8 heteroatoms. The van der Waals surface area contributed by atoms with E-state index in [1.807, 2.05) is 25.3 Å². The fourth-order valence-corrected chi connectivity index (χ4v) is 2.73. The molecule has 1 aliphatic rings. The van der Waals surface area contributed by atoms with Crippen molar-refractivity contribution in [2.24, 2.45) is 5.73 Å². The molecule has 0 bridgehead atoms. The molecule has 25 heavy (non-hydrogen) atoms. The predicted octanol–water partition coefficient (Wildman–Crippen LogP) is 0.141.